The molecule has 0 aromatic carbocycles. The molecule has 0 saturated carbocycles. The van der Waals surface area contributed by atoms with E-state index >= 15 is 0 Å². The number of hydrogen-bond acceptors (Lipinski definition) is 3. The maximum atomic E-state index is 10.1. The highest BCUT2D eigenvalue weighted by molar-refractivity contribution is 4.77. The van der Waals surface area contributed by atoms with Crippen molar-refractivity contribution in [3.8, 4) is 0 Å². The van der Waals surface area contributed by atoms with Crippen LogP contribution in [0.5, 0.6) is 0 Å². The molecular weight excluding hydrogens is 224 g/mol. The van der Waals surface area contributed by atoms with Gasteiger partial charge in [-0.2, -0.15) is 0 Å². The van der Waals surface area contributed by atoms with Crippen LogP contribution in [-0.4, -0.2) is 60.3 Å². The Balaban J connectivity index is 2.20. The first-order chi connectivity index (χ1) is 8.29. The molecule has 1 rings (SSSR count). The average Bonchev–Trinajstić information content (AvgIpc) is 2.25. The van der Waals surface area contributed by atoms with E-state index in [1.165, 1.54) is 19.6 Å². The third-order valence-electron chi connectivity index (χ3n) is 3.81. The lowest BCUT2D eigenvalue weighted by Gasteiger charge is -2.36. The lowest BCUT2D eigenvalue weighted by Crippen LogP contribution is -2.48. The minimum absolute atomic E-state index is 0.0134. The van der Waals surface area contributed by atoms with Crippen molar-refractivity contribution >= 4 is 0 Å². The summed E-state index contributed by atoms with van der Waals surface area (Å²) in [6, 6.07) is 0. The van der Waals surface area contributed by atoms with Crippen molar-refractivity contribution < 1.29 is 5.11 Å². The number of piperazine rings is 1. The second-order valence-corrected chi connectivity index (χ2v) is 7.21. The molecule has 0 aromatic rings. The molecule has 3 heteroatoms. The van der Waals surface area contributed by atoms with Crippen LogP contribution in [0.2, 0.25) is 0 Å². The van der Waals surface area contributed by atoms with Crippen molar-refractivity contribution in [1.82, 2.24) is 9.80 Å². The van der Waals surface area contributed by atoms with Crippen molar-refractivity contribution in [2.75, 3.05) is 39.3 Å². The van der Waals surface area contributed by atoms with Gasteiger partial charge in [0.25, 0.3) is 0 Å². The molecular formula is C15H32N2O. The summed E-state index contributed by atoms with van der Waals surface area (Å²) >= 11 is 0. The number of aliphatic hydroxyl groups excluding tert-OH is 1. The number of rotatable bonds is 5. The van der Waals surface area contributed by atoms with E-state index in [1.54, 1.807) is 0 Å². The van der Waals surface area contributed by atoms with E-state index in [4.69, 9.17) is 0 Å². The highest BCUT2D eigenvalue weighted by atomic mass is 16.3. The minimum Gasteiger partial charge on any atom is -0.393 e. The van der Waals surface area contributed by atoms with Gasteiger partial charge in [0.1, 0.15) is 0 Å². The Bertz CT molecular complexity index is 227. The molecule has 1 saturated heterocycles. The number of aliphatic hydroxyl groups is 1. The van der Waals surface area contributed by atoms with Gasteiger partial charge in [0.05, 0.1) is 6.10 Å². The van der Waals surface area contributed by atoms with E-state index in [9.17, 15) is 5.11 Å². The molecule has 1 N–H and O–H groups in total. The Hall–Kier alpha value is -0.120. The van der Waals surface area contributed by atoms with Crippen LogP contribution in [0.3, 0.4) is 0 Å². The van der Waals surface area contributed by atoms with Gasteiger partial charge in [-0.15, -0.1) is 0 Å². The van der Waals surface area contributed by atoms with Gasteiger partial charge in [0, 0.05) is 39.3 Å². The van der Waals surface area contributed by atoms with E-state index < -0.39 is 0 Å². The number of nitrogens with zero attached hydrogens (tertiary/aromatic N) is 2. The largest absolute Gasteiger partial charge is 0.393 e. The summed E-state index contributed by atoms with van der Waals surface area (Å²) in [5.74, 6) is 0.763. The zero-order chi connectivity index (χ0) is 13.8. The normalized spacial score (nSPS) is 21.5. The van der Waals surface area contributed by atoms with Gasteiger partial charge >= 0.3 is 0 Å². The first kappa shape index (κ1) is 15.9. The van der Waals surface area contributed by atoms with E-state index in [2.05, 4.69) is 44.4 Å². The molecule has 18 heavy (non-hydrogen) atoms. The Morgan fingerprint density at radius 3 is 1.94 bits per heavy atom. The Kier molecular flexibility index (Phi) is 6.09. The van der Waals surface area contributed by atoms with Crippen molar-refractivity contribution in [2.24, 2.45) is 11.3 Å². The lowest BCUT2D eigenvalue weighted by molar-refractivity contribution is 0.0377. The molecule has 1 aliphatic heterocycles. The Morgan fingerprint density at radius 2 is 1.50 bits per heavy atom. The molecule has 0 bridgehead atoms. The van der Waals surface area contributed by atoms with E-state index in [-0.39, 0.29) is 11.5 Å². The summed E-state index contributed by atoms with van der Waals surface area (Å²) < 4.78 is 0. The third kappa shape index (κ3) is 5.68. The third-order valence-corrected chi connectivity index (χ3v) is 3.81. The quantitative estimate of drug-likeness (QED) is 0.815. The Labute approximate surface area is 113 Å². The first-order valence-corrected chi connectivity index (χ1v) is 7.42. The van der Waals surface area contributed by atoms with E-state index in [0.29, 0.717) is 0 Å². The summed E-state index contributed by atoms with van der Waals surface area (Å²) in [5, 5.41) is 10.1. The summed E-state index contributed by atoms with van der Waals surface area (Å²) in [5.41, 5.74) is 0.0134. The molecule has 1 fully saturated rings. The Morgan fingerprint density at radius 1 is 1.00 bits per heavy atom. The zero-order valence-corrected chi connectivity index (χ0v) is 12.9. The van der Waals surface area contributed by atoms with Crippen molar-refractivity contribution in [3.05, 3.63) is 0 Å². The summed E-state index contributed by atoms with van der Waals surface area (Å²) in [6.45, 7) is 17.8. The highest BCUT2D eigenvalue weighted by Gasteiger charge is 2.23. The van der Waals surface area contributed by atoms with Gasteiger partial charge in [0.15, 0.2) is 0 Å². The zero-order valence-electron chi connectivity index (χ0n) is 12.9. The van der Waals surface area contributed by atoms with Crippen molar-refractivity contribution in [2.45, 2.75) is 47.1 Å². The van der Waals surface area contributed by atoms with E-state index in [1.807, 2.05) is 0 Å². The van der Waals surface area contributed by atoms with Crippen molar-refractivity contribution in [3.63, 3.8) is 0 Å². The van der Waals surface area contributed by atoms with Crippen LogP contribution in [-0.2, 0) is 0 Å². The molecule has 0 radical (unpaired) electrons. The summed E-state index contributed by atoms with van der Waals surface area (Å²) in [6.07, 6.45) is 0.708. The lowest BCUT2D eigenvalue weighted by atomic mass is 9.87. The molecule has 1 unspecified atom stereocenters. The smallest absolute Gasteiger partial charge is 0.0600 e. The molecule has 3 nitrogen and oxygen atoms in total. The fourth-order valence-electron chi connectivity index (χ4n) is 2.45. The molecule has 1 atom stereocenters. The highest BCUT2D eigenvalue weighted by Crippen LogP contribution is 2.21. The van der Waals surface area contributed by atoms with Crippen LogP contribution >= 0.6 is 0 Å². The molecule has 108 valence electrons. The van der Waals surface area contributed by atoms with Gasteiger partial charge in [-0.3, -0.25) is 0 Å². The van der Waals surface area contributed by atoms with Crippen LogP contribution in [0.15, 0.2) is 0 Å². The maximum Gasteiger partial charge on any atom is 0.0600 e. The summed E-state index contributed by atoms with van der Waals surface area (Å²) in [7, 11) is 0. The molecule has 0 aliphatic carbocycles. The topological polar surface area (TPSA) is 26.7 Å². The standard InChI is InChI=1S/C15H32N2O/c1-13(2)12-17-10-8-16(9-11-17)7-6-14(18)15(3,4)5/h13-14,18H,6-12H2,1-5H3. The fraction of sp³-hybridized carbons (Fsp3) is 1.00. The van der Waals surface area contributed by atoms with Crippen LogP contribution in [0.1, 0.15) is 41.0 Å². The van der Waals surface area contributed by atoms with Gasteiger partial charge in [-0.05, 0) is 17.8 Å². The first-order valence-electron chi connectivity index (χ1n) is 7.42. The van der Waals surface area contributed by atoms with Crippen LogP contribution < -0.4 is 0 Å². The van der Waals surface area contributed by atoms with Gasteiger partial charge in [-0.1, -0.05) is 34.6 Å². The average molecular weight is 256 g/mol. The maximum absolute atomic E-state index is 10.1. The van der Waals surface area contributed by atoms with E-state index in [0.717, 1.165) is 32.0 Å². The van der Waals surface area contributed by atoms with Gasteiger partial charge in [0.2, 0.25) is 0 Å². The molecule has 1 heterocycles. The summed E-state index contributed by atoms with van der Waals surface area (Å²) in [4.78, 5) is 5.05. The molecule has 0 spiro atoms. The molecule has 1 aliphatic rings. The predicted molar refractivity (Wildman–Crippen MR) is 77.8 cm³/mol. The fourth-order valence-corrected chi connectivity index (χ4v) is 2.45. The van der Waals surface area contributed by atoms with Crippen LogP contribution in [0.4, 0.5) is 0 Å². The monoisotopic (exact) mass is 256 g/mol. The second kappa shape index (κ2) is 6.88. The number of hydrogen-bond donors (Lipinski definition) is 1. The second-order valence-electron chi connectivity index (χ2n) is 7.21. The van der Waals surface area contributed by atoms with Crippen LogP contribution in [0.25, 0.3) is 0 Å². The van der Waals surface area contributed by atoms with Crippen LogP contribution in [0, 0.1) is 11.3 Å². The predicted octanol–water partition coefficient (Wildman–Crippen LogP) is 2.06. The minimum atomic E-state index is -0.189. The van der Waals surface area contributed by atoms with Gasteiger partial charge in [-0.25, -0.2) is 0 Å². The SMILES string of the molecule is CC(C)CN1CCN(CCC(O)C(C)(C)C)CC1. The molecule has 0 aromatic heterocycles. The van der Waals surface area contributed by atoms with Crippen molar-refractivity contribution in [1.29, 1.82) is 0 Å². The van der Waals surface area contributed by atoms with Gasteiger partial charge < -0.3 is 14.9 Å². The molecule has 0 amide bonds.